The number of nitrogens with zero attached hydrogens (tertiary/aromatic N) is 3. The fourth-order valence-electron chi connectivity index (χ4n) is 1.36. The van der Waals surface area contributed by atoms with Crippen molar-refractivity contribution < 1.29 is 14.8 Å². The number of hydrogen-bond donors (Lipinski definition) is 1. The highest BCUT2D eigenvalue weighted by Crippen LogP contribution is 2.22. The van der Waals surface area contributed by atoms with E-state index in [1.165, 1.54) is 18.6 Å². The van der Waals surface area contributed by atoms with Crippen LogP contribution in [-0.4, -0.2) is 26.0 Å². The van der Waals surface area contributed by atoms with E-state index < -0.39 is 10.9 Å². The Morgan fingerprint density at radius 1 is 1.44 bits per heavy atom. The molecule has 0 amide bonds. The molecule has 0 radical (unpaired) electrons. The number of fused-ring (bicyclic) bond motifs is 1. The van der Waals surface area contributed by atoms with Crippen LogP contribution in [0.5, 0.6) is 0 Å². The Labute approximate surface area is 88.5 Å². The van der Waals surface area contributed by atoms with E-state index in [0.29, 0.717) is 5.39 Å². The van der Waals surface area contributed by atoms with Gasteiger partial charge in [-0.15, -0.1) is 0 Å². The second-order valence-electron chi connectivity index (χ2n) is 3.02. The van der Waals surface area contributed by atoms with Crippen LogP contribution in [0.3, 0.4) is 0 Å². The Kier molecular flexibility index (Phi) is 2.20. The molecule has 0 aliphatic heterocycles. The van der Waals surface area contributed by atoms with Gasteiger partial charge in [-0.3, -0.25) is 10.1 Å². The zero-order chi connectivity index (χ0) is 11.7. The van der Waals surface area contributed by atoms with Crippen molar-refractivity contribution in [2.24, 2.45) is 0 Å². The highest BCUT2D eigenvalue weighted by molar-refractivity contribution is 6.02. The smallest absolute Gasteiger partial charge is 0.338 e. The minimum atomic E-state index is -1.26. The maximum absolute atomic E-state index is 10.9. The average molecular weight is 219 g/mol. The van der Waals surface area contributed by atoms with E-state index in [9.17, 15) is 14.9 Å². The number of carbonyl (C=O) groups is 1. The van der Waals surface area contributed by atoms with Crippen LogP contribution in [0.25, 0.3) is 10.9 Å². The maximum atomic E-state index is 10.9. The topological polar surface area (TPSA) is 106 Å². The lowest BCUT2D eigenvalue weighted by Crippen LogP contribution is -2.01. The van der Waals surface area contributed by atoms with Crippen molar-refractivity contribution in [1.82, 2.24) is 9.97 Å². The standard InChI is InChI=1S/C9H5N3O4/c13-9(14)7-2-6(12(15)16)1-5-3-10-4-11-8(5)7/h1-4H,(H,13,14). The summed E-state index contributed by atoms with van der Waals surface area (Å²) in [4.78, 5) is 28.3. The lowest BCUT2D eigenvalue weighted by atomic mass is 10.1. The average Bonchev–Trinajstić information content (AvgIpc) is 2.27. The zero-order valence-corrected chi connectivity index (χ0v) is 7.82. The molecular formula is C9H5N3O4. The first-order chi connectivity index (χ1) is 7.59. The fraction of sp³-hybridized carbons (Fsp3) is 0. The molecule has 0 aliphatic carbocycles. The van der Waals surface area contributed by atoms with Crippen molar-refractivity contribution in [2.75, 3.05) is 0 Å². The van der Waals surface area contributed by atoms with Gasteiger partial charge >= 0.3 is 5.97 Å². The molecule has 7 nitrogen and oxygen atoms in total. The molecule has 1 aromatic heterocycles. The predicted octanol–water partition coefficient (Wildman–Crippen LogP) is 1.24. The van der Waals surface area contributed by atoms with Crippen molar-refractivity contribution in [3.63, 3.8) is 0 Å². The van der Waals surface area contributed by atoms with E-state index in [1.54, 1.807) is 0 Å². The highest BCUT2D eigenvalue weighted by Gasteiger charge is 2.16. The number of nitro benzene ring substituents is 1. The van der Waals surface area contributed by atoms with Crippen molar-refractivity contribution in [2.45, 2.75) is 0 Å². The molecule has 2 rings (SSSR count). The molecule has 1 N–H and O–H groups in total. The third-order valence-corrected chi connectivity index (χ3v) is 2.03. The van der Waals surface area contributed by atoms with Gasteiger partial charge in [0, 0.05) is 23.7 Å². The van der Waals surface area contributed by atoms with Crippen LogP contribution in [0.4, 0.5) is 5.69 Å². The Hall–Kier alpha value is -2.57. The third-order valence-electron chi connectivity index (χ3n) is 2.03. The second-order valence-corrected chi connectivity index (χ2v) is 3.02. The number of hydrogen-bond acceptors (Lipinski definition) is 5. The number of rotatable bonds is 2. The summed E-state index contributed by atoms with van der Waals surface area (Å²) in [5, 5.41) is 19.8. The zero-order valence-electron chi connectivity index (χ0n) is 7.82. The molecule has 16 heavy (non-hydrogen) atoms. The van der Waals surface area contributed by atoms with Crippen molar-refractivity contribution in [1.29, 1.82) is 0 Å². The summed E-state index contributed by atoms with van der Waals surface area (Å²) in [5.74, 6) is -1.26. The number of carboxylic acids is 1. The normalized spacial score (nSPS) is 10.2. The maximum Gasteiger partial charge on any atom is 0.338 e. The lowest BCUT2D eigenvalue weighted by Gasteiger charge is -2.00. The van der Waals surface area contributed by atoms with Gasteiger partial charge in [0.1, 0.15) is 6.33 Å². The van der Waals surface area contributed by atoms with E-state index in [0.717, 1.165) is 6.07 Å². The summed E-state index contributed by atoms with van der Waals surface area (Å²) >= 11 is 0. The van der Waals surface area contributed by atoms with Crippen molar-refractivity contribution in [3.05, 3.63) is 40.3 Å². The van der Waals surface area contributed by atoms with Gasteiger partial charge < -0.3 is 5.11 Å². The van der Waals surface area contributed by atoms with Crippen LogP contribution in [0.2, 0.25) is 0 Å². The van der Waals surface area contributed by atoms with Crippen LogP contribution in [0.1, 0.15) is 10.4 Å². The number of non-ortho nitro benzene ring substituents is 1. The summed E-state index contributed by atoms with van der Waals surface area (Å²) in [6.45, 7) is 0. The van der Waals surface area contributed by atoms with Gasteiger partial charge in [-0.25, -0.2) is 14.8 Å². The van der Waals surface area contributed by atoms with Gasteiger partial charge in [0.25, 0.3) is 5.69 Å². The third kappa shape index (κ3) is 1.54. The van der Waals surface area contributed by atoms with E-state index >= 15 is 0 Å². The van der Waals surface area contributed by atoms with Gasteiger partial charge in [0.2, 0.25) is 0 Å². The lowest BCUT2D eigenvalue weighted by molar-refractivity contribution is -0.384. The van der Waals surface area contributed by atoms with Crippen LogP contribution in [0, 0.1) is 10.1 Å². The monoisotopic (exact) mass is 219 g/mol. The number of aromatic carboxylic acids is 1. The van der Waals surface area contributed by atoms with Gasteiger partial charge in [-0.1, -0.05) is 0 Å². The summed E-state index contributed by atoms with van der Waals surface area (Å²) < 4.78 is 0. The molecule has 0 saturated carbocycles. The molecule has 0 fully saturated rings. The summed E-state index contributed by atoms with van der Waals surface area (Å²) in [6, 6.07) is 2.22. The fourth-order valence-corrected chi connectivity index (χ4v) is 1.36. The molecule has 1 aromatic carbocycles. The predicted molar refractivity (Wildman–Crippen MR) is 53.2 cm³/mol. The van der Waals surface area contributed by atoms with E-state index in [2.05, 4.69) is 9.97 Å². The Morgan fingerprint density at radius 3 is 2.81 bits per heavy atom. The minimum absolute atomic E-state index is 0.188. The minimum Gasteiger partial charge on any atom is -0.478 e. The molecule has 0 bridgehead atoms. The van der Waals surface area contributed by atoms with E-state index in [1.807, 2.05) is 0 Å². The number of aromatic nitrogens is 2. The summed E-state index contributed by atoms with van der Waals surface area (Å²) in [5.41, 5.74) is -0.306. The Bertz CT molecular complexity index is 596. The molecule has 1 heterocycles. The Balaban J connectivity index is 2.84. The van der Waals surface area contributed by atoms with Crippen LogP contribution in [0.15, 0.2) is 24.7 Å². The molecule has 0 aliphatic rings. The van der Waals surface area contributed by atoms with Gasteiger partial charge in [0.15, 0.2) is 0 Å². The molecule has 0 saturated heterocycles. The highest BCUT2D eigenvalue weighted by atomic mass is 16.6. The molecule has 2 aromatic rings. The largest absolute Gasteiger partial charge is 0.478 e. The first-order valence-electron chi connectivity index (χ1n) is 4.21. The Morgan fingerprint density at radius 2 is 2.19 bits per heavy atom. The van der Waals surface area contributed by atoms with E-state index in [-0.39, 0.29) is 16.8 Å². The van der Waals surface area contributed by atoms with Gasteiger partial charge in [0.05, 0.1) is 16.0 Å². The first-order valence-corrected chi connectivity index (χ1v) is 4.21. The summed E-state index contributed by atoms with van der Waals surface area (Å²) in [7, 11) is 0. The second kappa shape index (κ2) is 3.54. The SMILES string of the molecule is O=C(O)c1cc([N+](=O)[O-])cc2cncnc12. The number of carboxylic acid groups (broad SMARTS) is 1. The molecule has 80 valence electrons. The van der Waals surface area contributed by atoms with Gasteiger partial charge in [-0.05, 0) is 0 Å². The number of benzene rings is 1. The molecule has 0 atom stereocenters. The first kappa shape index (κ1) is 9.97. The van der Waals surface area contributed by atoms with Crippen LogP contribution in [-0.2, 0) is 0 Å². The van der Waals surface area contributed by atoms with E-state index in [4.69, 9.17) is 5.11 Å². The van der Waals surface area contributed by atoms with Crippen LogP contribution < -0.4 is 0 Å². The molecule has 0 unspecified atom stereocenters. The van der Waals surface area contributed by atoms with Crippen molar-refractivity contribution in [3.8, 4) is 0 Å². The quantitative estimate of drug-likeness (QED) is 0.601. The number of nitro groups is 1. The van der Waals surface area contributed by atoms with Gasteiger partial charge in [-0.2, -0.15) is 0 Å². The summed E-state index contributed by atoms with van der Waals surface area (Å²) in [6.07, 6.45) is 2.53. The molecular weight excluding hydrogens is 214 g/mol. The molecule has 7 heteroatoms. The molecule has 0 spiro atoms. The van der Waals surface area contributed by atoms with Crippen molar-refractivity contribution >= 4 is 22.6 Å². The van der Waals surface area contributed by atoms with Crippen LogP contribution >= 0.6 is 0 Å².